The van der Waals surface area contributed by atoms with Crippen molar-refractivity contribution in [1.82, 2.24) is 5.32 Å². The van der Waals surface area contributed by atoms with E-state index in [2.05, 4.69) is 5.32 Å². The second-order valence-electron chi connectivity index (χ2n) is 3.39. The zero-order chi connectivity index (χ0) is 9.97. The summed E-state index contributed by atoms with van der Waals surface area (Å²) in [5.41, 5.74) is 2.23. The van der Waals surface area contributed by atoms with Crippen molar-refractivity contribution in [3.05, 3.63) is 34.9 Å². The fourth-order valence-electron chi connectivity index (χ4n) is 1.67. The molecule has 72 valence electrons. The smallest absolute Gasteiger partial charge is 0.251 e. The van der Waals surface area contributed by atoms with Gasteiger partial charge in [0.15, 0.2) is 0 Å². The lowest BCUT2D eigenvalue weighted by atomic mass is 10.0. The SMILES string of the molecule is O=Cc1ccc2c(c1)C(=O)NCCC2. The maximum atomic E-state index is 11.5. The van der Waals surface area contributed by atoms with Crippen LogP contribution in [0.15, 0.2) is 18.2 Å². The molecule has 1 aromatic carbocycles. The van der Waals surface area contributed by atoms with E-state index < -0.39 is 0 Å². The van der Waals surface area contributed by atoms with Gasteiger partial charge < -0.3 is 5.32 Å². The Kier molecular flexibility index (Phi) is 2.31. The second kappa shape index (κ2) is 3.62. The lowest BCUT2D eigenvalue weighted by Gasteiger charge is -2.04. The number of amides is 1. The number of benzene rings is 1. The second-order valence-corrected chi connectivity index (χ2v) is 3.39. The van der Waals surface area contributed by atoms with Crippen LogP contribution < -0.4 is 5.32 Å². The monoisotopic (exact) mass is 189 g/mol. The minimum atomic E-state index is -0.0683. The normalized spacial score (nSPS) is 15.3. The van der Waals surface area contributed by atoms with Crippen molar-refractivity contribution in [2.75, 3.05) is 6.54 Å². The van der Waals surface area contributed by atoms with Crippen molar-refractivity contribution in [2.45, 2.75) is 12.8 Å². The van der Waals surface area contributed by atoms with Crippen molar-refractivity contribution in [1.29, 1.82) is 0 Å². The van der Waals surface area contributed by atoms with Crippen LogP contribution in [0, 0.1) is 0 Å². The van der Waals surface area contributed by atoms with Crippen LogP contribution >= 0.6 is 0 Å². The minimum absolute atomic E-state index is 0.0683. The molecule has 14 heavy (non-hydrogen) atoms. The molecule has 0 aromatic heterocycles. The first-order valence-electron chi connectivity index (χ1n) is 4.67. The van der Waals surface area contributed by atoms with Gasteiger partial charge in [0, 0.05) is 17.7 Å². The van der Waals surface area contributed by atoms with Gasteiger partial charge in [-0.05, 0) is 24.5 Å². The Hall–Kier alpha value is -1.64. The first kappa shape index (κ1) is 8.94. The topological polar surface area (TPSA) is 46.2 Å². The molecule has 1 N–H and O–H groups in total. The lowest BCUT2D eigenvalue weighted by molar-refractivity contribution is 0.0956. The van der Waals surface area contributed by atoms with Gasteiger partial charge in [-0.2, -0.15) is 0 Å². The van der Waals surface area contributed by atoms with Crippen molar-refractivity contribution in [2.24, 2.45) is 0 Å². The quantitative estimate of drug-likeness (QED) is 0.674. The van der Waals surface area contributed by atoms with Gasteiger partial charge in [-0.15, -0.1) is 0 Å². The average molecular weight is 189 g/mol. The Labute approximate surface area is 82.1 Å². The minimum Gasteiger partial charge on any atom is -0.352 e. The number of aryl methyl sites for hydroxylation is 1. The molecule has 0 atom stereocenters. The van der Waals surface area contributed by atoms with E-state index >= 15 is 0 Å². The fourth-order valence-corrected chi connectivity index (χ4v) is 1.67. The fraction of sp³-hybridized carbons (Fsp3) is 0.273. The van der Waals surface area contributed by atoms with Crippen LogP contribution in [-0.2, 0) is 6.42 Å². The van der Waals surface area contributed by atoms with E-state index in [-0.39, 0.29) is 5.91 Å². The summed E-state index contributed by atoms with van der Waals surface area (Å²) >= 11 is 0. The third-order valence-corrected chi connectivity index (χ3v) is 2.42. The number of aldehydes is 1. The largest absolute Gasteiger partial charge is 0.352 e. The van der Waals surface area contributed by atoms with Crippen molar-refractivity contribution in [3.8, 4) is 0 Å². The number of hydrogen-bond acceptors (Lipinski definition) is 2. The first-order valence-corrected chi connectivity index (χ1v) is 4.67. The van der Waals surface area contributed by atoms with Gasteiger partial charge in [-0.3, -0.25) is 9.59 Å². The molecular formula is C11H11NO2. The van der Waals surface area contributed by atoms with Gasteiger partial charge in [0.05, 0.1) is 0 Å². The van der Waals surface area contributed by atoms with Gasteiger partial charge in [-0.1, -0.05) is 12.1 Å². The van der Waals surface area contributed by atoms with Crippen LogP contribution in [0.25, 0.3) is 0 Å². The average Bonchev–Trinajstić information content (AvgIpc) is 2.40. The zero-order valence-electron chi connectivity index (χ0n) is 7.75. The summed E-state index contributed by atoms with van der Waals surface area (Å²) in [7, 11) is 0. The number of carbonyl (C=O) groups excluding carboxylic acids is 2. The van der Waals surface area contributed by atoms with E-state index in [1.54, 1.807) is 12.1 Å². The summed E-state index contributed by atoms with van der Waals surface area (Å²) in [5.74, 6) is -0.0683. The highest BCUT2D eigenvalue weighted by Crippen LogP contribution is 2.15. The van der Waals surface area contributed by atoms with E-state index in [9.17, 15) is 9.59 Å². The van der Waals surface area contributed by atoms with E-state index in [1.807, 2.05) is 6.07 Å². The Balaban J connectivity index is 2.49. The van der Waals surface area contributed by atoms with Crippen molar-refractivity contribution >= 4 is 12.2 Å². The van der Waals surface area contributed by atoms with Crippen LogP contribution in [0.4, 0.5) is 0 Å². The molecule has 3 heteroatoms. The van der Waals surface area contributed by atoms with E-state index in [0.717, 1.165) is 24.7 Å². The summed E-state index contributed by atoms with van der Waals surface area (Å²) in [6.45, 7) is 0.712. The van der Waals surface area contributed by atoms with Crippen molar-refractivity contribution < 1.29 is 9.59 Å². The van der Waals surface area contributed by atoms with Gasteiger partial charge >= 0.3 is 0 Å². The first-order chi connectivity index (χ1) is 6.81. The molecule has 0 unspecified atom stereocenters. The predicted octanol–water partition coefficient (Wildman–Crippen LogP) is 1.18. The molecule has 0 bridgehead atoms. The molecule has 1 aliphatic rings. The van der Waals surface area contributed by atoms with E-state index in [4.69, 9.17) is 0 Å². The third-order valence-electron chi connectivity index (χ3n) is 2.42. The van der Waals surface area contributed by atoms with Crippen LogP contribution in [0.1, 0.15) is 32.7 Å². The Morgan fingerprint density at radius 1 is 1.36 bits per heavy atom. The Morgan fingerprint density at radius 3 is 3.00 bits per heavy atom. The van der Waals surface area contributed by atoms with Gasteiger partial charge in [0.1, 0.15) is 6.29 Å². The summed E-state index contributed by atoms with van der Waals surface area (Å²) in [6.07, 6.45) is 2.62. The van der Waals surface area contributed by atoms with Crippen LogP contribution in [0.5, 0.6) is 0 Å². The van der Waals surface area contributed by atoms with Gasteiger partial charge in [-0.25, -0.2) is 0 Å². The van der Waals surface area contributed by atoms with E-state index in [0.29, 0.717) is 17.7 Å². The molecule has 1 heterocycles. The number of carbonyl (C=O) groups is 2. The molecule has 0 spiro atoms. The molecule has 0 saturated heterocycles. The molecule has 3 nitrogen and oxygen atoms in total. The molecule has 0 saturated carbocycles. The van der Waals surface area contributed by atoms with Gasteiger partial charge in [0.25, 0.3) is 5.91 Å². The standard InChI is InChI=1S/C11H11NO2/c13-7-8-3-4-9-2-1-5-12-11(14)10(9)6-8/h3-4,6-7H,1-2,5H2,(H,12,14). The molecule has 0 aliphatic carbocycles. The molecular weight excluding hydrogens is 178 g/mol. The number of rotatable bonds is 1. The maximum Gasteiger partial charge on any atom is 0.251 e. The summed E-state index contributed by atoms with van der Waals surface area (Å²) < 4.78 is 0. The van der Waals surface area contributed by atoms with Crippen LogP contribution in [0.3, 0.4) is 0 Å². The Morgan fingerprint density at radius 2 is 2.21 bits per heavy atom. The molecule has 1 aromatic rings. The molecule has 0 fully saturated rings. The molecule has 0 radical (unpaired) electrons. The lowest BCUT2D eigenvalue weighted by Crippen LogP contribution is -2.22. The summed E-state index contributed by atoms with van der Waals surface area (Å²) in [5, 5.41) is 2.80. The van der Waals surface area contributed by atoms with Crippen LogP contribution in [-0.4, -0.2) is 18.7 Å². The molecule has 1 aliphatic heterocycles. The summed E-state index contributed by atoms with van der Waals surface area (Å²) in [4.78, 5) is 22.1. The van der Waals surface area contributed by atoms with Gasteiger partial charge in [0.2, 0.25) is 0 Å². The highest BCUT2D eigenvalue weighted by atomic mass is 16.1. The molecule has 1 amide bonds. The highest BCUT2D eigenvalue weighted by Gasteiger charge is 2.14. The number of fused-ring (bicyclic) bond motifs is 1. The molecule has 2 rings (SSSR count). The van der Waals surface area contributed by atoms with Crippen LogP contribution in [0.2, 0.25) is 0 Å². The van der Waals surface area contributed by atoms with E-state index in [1.165, 1.54) is 0 Å². The zero-order valence-corrected chi connectivity index (χ0v) is 7.75. The maximum absolute atomic E-state index is 11.5. The summed E-state index contributed by atoms with van der Waals surface area (Å²) in [6, 6.07) is 5.28. The van der Waals surface area contributed by atoms with Crippen molar-refractivity contribution in [3.63, 3.8) is 0 Å². The highest BCUT2D eigenvalue weighted by molar-refractivity contribution is 5.97. The number of hydrogen-bond donors (Lipinski definition) is 1. The predicted molar refractivity (Wildman–Crippen MR) is 52.5 cm³/mol. The third kappa shape index (κ3) is 1.53. The Bertz CT molecular complexity index is 385. The number of nitrogens with one attached hydrogen (secondary N) is 1.